The van der Waals surface area contributed by atoms with E-state index in [-0.39, 0.29) is 18.4 Å². The first kappa shape index (κ1) is 33.9. The van der Waals surface area contributed by atoms with Crippen molar-refractivity contribution >= 4 is 80.1 Å². The second-order valence-corrected chi connectivity index (χ2v) is 12.8. The van der Waals surface area contributed by atoms with Crippen molar-refractivity contribution in [1.29, 1.82) is 0 Å². The fourth-order valence-corrected chi connectivity index (χ4v) is 6.07. The molecule has 1 aromatic heterocycles. The number of thiazole rings is 1. The van der Waals surface area contributed by atoms with Gasteiger partial charge in [-0.2, -0.15) is 5.10 Å². The number of nitrogens with zero attached hydrogens (tertiary/aromatic N) is 2. The first-order valence-electron chi connectivity index (χ1n) is 14.6. The molecule has 0 saturated heterocycles. The minimum absolute atomic E-state index is 0.185. The third-order valence-corrected chi connectivity index (χ3v) is 8.79. The van der Waals surface area contributed by atoms with E-state index in [1.807, 2.05) is 86.8 Å². The molecule has 1 heterocycles. The maximum atomic E-state index is 12.8. The van der Waals surface area contributed by atoms with Gasteiger partial charge in [0.25, 0.3) is 11.8 Å². The smallest absolute Gasteiger partial charge is 0.271 e. The Bertz CT molecular complexity index is 1910. The van der Waals surface area contributed by atoms with Gasteiger partial charge in [-0.05, 0) is 115 Å². The summed E-state index contributed by atoms with van der Waals surface area (Å²) in [5, 5.41) is 13.7. The molecule has 5 rings (SSSR count). The predicted molar refractivity (Wildman–Crippen MR) is 198 cm³/mol. The van der Waals surface area contributed by atoms with Gasteiger partial charge >= 0.3 is 0 Å². The number of hydrogen-bond donors (Lipinski definition) is 3. The molecule has 4 aromatic carbocycles. The minimum atomic E-state index is -0.356. The van der Waals surface area contributed by atoms with Crippen LogP contribution in [0.5, 0.6) is 11.5 Å². The van der Waals surface area contributed by atoms with Gasteiger partial charge in [-0.15, -0.1) is 11.3 Å². The number of halogens is 2. The van der Waals surface area contributed by atoms with Gasteiger partial charge < -0.3 is 20.1 Å². The molecule has 3 N–H and O–H groups in total. The van der Waals surface area contributed by atoms with Crippen molar-refractivity contribution in [3.63, 3.8) is 0 Å². The quantitative estimate of drug-likeness (QED) is 0.0664. The Hall–Kier alpha value is -4.46. The zero-order valence-corrected chi connectivity index (χ0v) is 29.5. The van der Waals surface area contributed by atoms with Crippen molar-refractivity contribution < 1.29 is 19.1 Å². The third kappa shape index (κ3) is 9.09. The highest BCUT2D eigenvalue weighted by molar-refractivity contribution is 14.1. The number of carbonyl (C=O) groups excluding carboxylic acids is 2. The van der Waals surface area contributed by atoms with Gasteiger partial charge in [0.15, 0.2) is 23.2 Å². The van der Waals surface area contributed by atoms with Crippen LogP contribution in [0.3, 0.4) is 0 Å². The predicted octanol–water partition coefficient (Wildman–Crippen LogP) is 8.61. The molecule has 47 heavy (non-hydrogen) atoms. The highest BCUT2D eigenvalue weighted by Gasteiger charge is 2.15. The molecule has 0 spiro atoms. The largest absolute Gasteiger partial charge is 0.490 e. The normalized spacial score (nSPS) is 10.9. The number of hydrazone groups is 1. The van der Waals surface area contributed by atoms with Crippen LogP contribution < -0.4 is 25.5 Å². The molecule has 0 radical (unpaired) electrons. The number of ether oxygens (including phenoxy) is 2. The van der Waals surface area contributed by atoms with Crippen LogP contribution >= 0.6 is 45.5 Å². The van der Waals surface area contributed by atoms with Gasteiger partial charge in [0, 0.05) is 32.9 Å². The summed E-state index contributed by atoms with van der Waals surface area (Å²) >= 11 is 9.57. The van der Waals surface area contributed by atoms with Gasteiger partial charge in [-0.1, -0.05) is 35.9 Å². The van der Waals surface area contributed by atoms with E-state index in [0.717, 1.165) is 42.5 Å². The van der Waals surface area contributed by atoms with Crippen LogP contribution in [-0.2, 0) is 4.79 Å². The Morgan fingerprint density at radius 1 is 1.02 bits per heavy atom. The summed E-state index contributed by atoms with van der Waals surface area (Å²) in [7, 11) is 0. The molecular weight excluding hydrogens is 749 g/mol. The number of rotatable bonds is 12. The number of hydrogen-bond acceptors (Lipinski definition) is 8. The number of amides is 2. The van der Waals surface area contributed by atoms with Crippen molar-refractivity contribution in [1.82, 2.24) is 10.4 Å². The van der Waals surface area contributed by atoms with Gasteiger partial charge in [-0.25, -0.2) is 10.4 Å². The number of aromatic nitrogens is 1. The lowest BCUT2D eigenvalue weighted by molar-refractivity contribution is -0.118. The SMILES string of the molecule is CCOc1cc(/C=N\NC(=O)c2ccc(-c3csc(Nc4ccc(Cl)cc4)n3)cc2)cc(I)c1OCC(=O)Nc1cccc(C)c1C. The number of benzene rings is 4. The molecule has 2 amide bonds. The molecule has 0 atom stereocenters. The molecule has 0 saturated carbocycles. The van der Waals surface area contributed by atoms with Crippen LogP contribution in [0, 0.1) is 17.4 Å². The molecule has 5 aromatic rings. The lowest BCUT2D eigenvalue weighted by atomic mass is 10.1. The number of nitrogens with one attached hydrogen (secondary N) is 3. The fraction of sp³-hybridized carbons (Fsp3) is 0.143. The van der Waals surface area contributed by atoms with E-state index >= 15 is 0 Å². The maximum Gasteiger partial charge on any atom is 0.271 e. The van der Waals surface area contributed by atoms with Crippen molar-refractivity contribution in [3.05, 3.63) is 115 Å². The molecule has 0 bridgehead atoms. The zero-order chi connectivity index (χ0) is 33.3. The van der Waals surface area contributed by atoms with Crippen LogP contribution in [0.1, 0.15) is 34.0 Å². The van der Waals surface area contributed by atoms with Gasteiger partial charge in [0.2, 0.25) is 0 Å². The summed E-state index contributed by atoms with van der Waals surface area (Å²) in [6.07, 6.45) is 1.53. The number of anilines is 3. The van der Waals surface area contributed by atoms with Crippen LogP contribution in [-0.4, -0.2) is 36.2 Å². The van der Waals surface area contributed by atoms with Gasteiger partial charge in [0.1, 0.15) is 0 Å². The average Bonchev–Trinajstić information content (AvgIpc) is 3.52. The standard InChI is InChI=1S/C35H31ClIN5O4S/c1-4-45-31-17-23(16-28(37)33(31)46-19-32(43)40-29-7-5-6-21(2)22(29)3)18-38-42-34(44)25-10-8-24(9-11-25)30-20-47-35(41-30)39-27-14-12-26(36)13-15-27/h5-18,20H,4,19H2,1-3H3,(H,39,41)(H,40,43)(H,42,44)/b38-18-. The molecule has 240 valence electrons. The van der Waals surface area contributed by atoms with Crippen LogP contribution in [0.4, 0.5) is 16.5 Å². The molecule has 12 heteroatoms. The van der Waals surface area contributed by atoms with Gasteiger partial charge in [0.05, 0.1) is 22.1 Å². The van der Waals surface area contributed by atoms with E-state index in [1.165, 1.54) is 17.6 Å². The molecule has 0 aliphatic rings. The Morgan fingerprint density at radius 3 is 2.53 bits per heavy atom. The Morgan fingerprint density at radius 2 is 1.79 bits per heavy atom. The lowest BCUT2D eigenvalue weighted by Gasteiger charge is -2.15. The van der Waals surface area contributed by atoms with Crippen LogP contribution in [0.2, 0.25) is 5.02 Å². The summed E-state index contributed by atoms with van der Waals surface area (Å²) in [4.78, 5) is 30.1. The van der Waals surface area contributed by atoms with E-state index < -0.39 is 0 Å². The Kier molecular flexibility index (Phi) is 11.5. The van der Waals surface area contributed by atoms with Gasteiger partial charge in [-0.3, -0.25) is 9.59 Å². The van der Waals surface area contributed by atoms with E-state index in [0.29, 0.717) is 34.3 Å². The Balaban J connectivity index is 1.17. The van der Waals surface area contributed by atoms with Crippen molar-refractivity contribution in [2.45, 2.75) is 20.8 Å². The zero-order valence-electron chi connectivity index (χ0n) is 25.8. The topological polar surface area (TPSA) is 114 Å². The third-order valence-electron chi connectivity index (χ3n) is 6.98. The molecule has 0 unspecified atom stereocenters. The van der Waals surface area contributed by atoms with Crippen molar-refractivity contribution in [2.75, 3.05) is 23.8 Å². The van der Waals surface area contributed by atoms with E-state index in [1.54, 1.807) is 18.2 Å². The molecule has 0 aliphatic carbocycles. The average molecular weight is 780 g/mol. The highest BCUT2D eigenvalue weighted by Crippen LogP contribution is 2.34. The maximum absolute atomic E-state index is 12.8. The van der Waals surface area contributed by atoms with E-state index in [2.05, 4.69) is 48.7 Å². The molecule has 0 fully saturated rings. The summed E-state index contributed by atoms with van der Waals surface area (Å²) in [5.41, 5.74) is 9.13. The summed E-state index contributed by atoms with van der Waals surface area (Å²) in [6, 6.07) is 23.9. The van der Waals surface area contributed by atoms with Crippen molar-refractivity contribution in [3.8, 4) is 22.8 Å². The molecular formula is C35H31ClIN5O4S. The minimum Gasteiger partial charge on any atom is -0.490 e. The molecule has 9 nitrogen and oxygen atoms in total. The summed E-state index contributed by atoms with van der Waals surface area (Å²) in [6.45, 7) is 6.03. The lowest BCUT2D eigenvalue weighted by Crippen LogP contribution is -2.21. The highest BCUT2D eigenvalue weighted by atomic mass is 127. The monoisotopic (exact) mass is 779 g/mol. The second kappa shape index (κ2) is 15.9. The first-order valence-corrected chi connectivity index (χ1v) is 16.9. The summed E-state index contributed by atoms with van der Waals surface area (Å²) < 4.78 is 12.4. The first-order chi connectivity index (χ1) is 22.7. The van der Waals surface area contributed by atoms with E-state index in [4.69, 9.17) is 21.1 Å². The number of carbonyl (C=O) groups is 2. The molecule has 0 aliphatic heterocycles. The Labute approximate surface area is 295 Å². The van der Waals surface area contributed by atoms with E-state index in [9.17, 15) is 9.59 Å². The van der Waals surface area contributed by atoms with Crippen LogP contribution in [0.25, 0.3) is 11.3 Å². The second-order valence-electron chi connectivity index (χ2n) is 10.3. The van der Waals surface area contributed by atoms with Crippen LogP contribution in [0.15, 0.2) is 89.3 Å². The summed E-state index contributed by atoms with van der Waals surface area (Å²) in [5.74, 6) is 0.292. The van der Waals surface area contributed by atoms with Crippen molar-refractivity contribution in [2.24, 2.45) is 5.10 Å². The number of aryl methyl sites for hydroxylation is 1. The fourth-order valence-electron chi connectivity index (χ4n) is 4.42.